The first-order chi connectivity index (χ1) is 9.11. The van der Waals surface area contributed by atoms with Gasteiger partial charge in [-0.2, -0.15) is 0 Å². The number of anilines is 1. The number of carbonyl (C=O) groups is 2. The zero-order valence-corrected chi connectivity index (χ0v) is 10.9. The van der Waals surface area contributed by atoms with Crippen LogP contribution in [0, 0.1) is 0 Å². The van der Waals surface area contributed by atoms with E-state index in [1.54, 1.807) is 6.07 Å². The number of urea groups is 1. The van der Waals surface area contributed by atoms with Gasteiger partial charge in [0.1, 0.15) is 0 Å². The number of nitrogens with one attached hydrogen (secondary N) is 3. The van der Waals surface area contributed by atoms with Gasteiger partial charge < -0.3 is 21.1 Å². The maximum Gasteiger partial charge on any atom is 0.319 e. The summed E-state index contributed by atoms with van der Waals surface area (Å²) in [6, 6.07) is 7.19. The summed E-state index contributed by atoms with van der Waals surface area (Å²) in [6.45, 7) is 1.07. The van der Waals surface area contributed by atoms with Crippen LogP contribution in [-0.4, -0.2) is 30.7 Å². The van der Waals surface area contributed by atoms with Crippen LogP contribution >= 0.6 is 0 Å². The molecule has 0 atom stereocenters. The van der Waals surface area contributed by atoms with E-state index in [0.717, 1.165) is 12.1 Å². The van der Waals surface area contributed by atoms with Crippen LogP contribution in [-0.2, 0) is 11.3 Å². The van der Waals surface area contributed by atoms with Crippen molar-refractivity contribution < 1.29 is 14.7 Å². The highest BCUT2D eigenvalue weighted by molar-refractivity contribution is 5.89. The van der Waals surface area contributed by atoms with Crippen molar-refractivity contribution in [1.82, 2.24) is 10.6 Å². The second-order valence-electron chi connectivity index (χ2n) is 4.11. The Morgan fingerprint density at radius 2 is 2.11 bits per heavy atom. The van der Waals surface area contributed by atoms with Crippen molar-refractivity contribution in [3.8, 4) is 0 Å². The quantitative estimate of drug-likeness (QED) is 0.561. The molecule has 104 valence electrons. The molecule has 0 aliphatic rings. The van der Waals surface area contributed by atoms with Crippen LogP contribution in [0.3, 0.4) is 0 Å². The first-order valence-corrected chi connectivity index (χ1v) is 6.12. The Morgan fingerprint density at radius 1 is 1.32 bits per heavy atom. The van der Waals surface area contributed by atoms with Crippen LogP contribution in [0.25, 0.3) is 0 Å². The van der Waals surface area contributed by atoms with Crippen molar-refractivity contribution in [2.75, 3.05) is 18.9 Å². The monoisotopic (exact) mass is 265 g/mol. The molecule has 6 heteroatoms. The van der Waals surface area contributed by atoms with Crippen LogP contribution in [0.4, 0.5) is 10.5 Å². The predicted octanol–water partition coefficient (Wildman–Crippen LogP) is 1.39. The summed E-state index contributed by atoms with van der Waals surface area (Å²) in [7, 11) is 1.86. The lowest BCUT2D eigenvalue weighted by atomic mass is 10.2. The van der Waals surface area contributed by atoms with Gasteiger partial charge in [0.15, 0.2) is 0 Å². The smallest absolute Gasteiger partial charge is 0.319 e. The molecular formula is C13H19N3O3. The van der Waals surface area contributed by atoms with E-state index in [1.165, 1.54) is 0 Å². The van der Waals surface area contributed by atoms with Crippen LogP contribution in [0.2, 0.25) is 0 Å². The molecule has 0 aliphatic heterocycles. The molecule has 0 fully saturated rings. The molecule has 1 rings (SSSR count). The lowest BCUT2D eigenvalue weighted by Gasteiger charge is -2.08. The zero-order valence-electron chi connectivity index (χ0n) is 10.9. The molecule has 2 amide bonds. The fourth-order valence-electron chi connectivity index (χ4n) is 1.58. The molecule has 0 unspecified atom stereocenters. The Bertz CT molecular complexity index is 435. The minimum atomic E-state index is -0.859. The number of carboxylic acid groups (broad SMARTS) is 1. The number of benzene rings is 1. The highest BCUT2D eigenvalue weighted by Crippen LogP contribution is 2.10. The van der Waals surface area contributed by atoms with Gasteiger partial charge in [-0.15, -0.1) is 0 Å². The van der Waals surface area contributed by atoms with Gasteiger partial charge in [-0.1, -0.05) is 12.1 Å². The highest BCUT2D eigenvalue weighted by atomic mass is 16.4. The number of rotatable bonds is 7. The van der Waals surface area contributed by atoms with Crippen molar-refractivity contribution in [3.63, 3.8) is 0 Å². The van der Waals surface area contributed by atoms with Crippen LogP contribution < -0.4 is 16.0 Å². The zero-order chi connectivity index (χ0) is 14.1. The Morgan fingerprint density at radius 3 is 2.79 bits per heavy atom. The topological polar surface area (TPSA) is 90.5 Å². The van der Waals surface area contributed by atoms with E-state index in [9.17, 15) is 9.59 Å². The van der Waals surface area contributed by atoms with Gasteiger partial charge in [0.05, 0.1) is 0 Å². The number of aliphatic carboxylic acids is 1. The predicted molar refractivity (Wildman–Crippen MR) is 73.1 cm³/mol. The summed E-state index contributed by atoms with van der Waals surface area (Å²) in [5, 5.41) is 16.8. The van der Waals surface area contributed by atoms with Gasteiger partial charge in [-0.3, -0.25) is 4.79 Å². The summed E-state index contributed by atoms with van der Waals surface area (Å²) in [4.78, 5) is 21.8. The molecule has 0 saturated heterocycles. The van der Waals surface area contributed by atoms with E-state index in [0.29, 0.717) is 18.7 Å². The molecule has 1 aromatic carbocycles. The second kappa shape index (κ2) is 8.10. The number of amides is 2. The van der Waals surface area contributed by atoms with E-state index in [4.69, 9.17) is 5.11 Å². The third-order valence-electron chi connectivity index (χ3n) is 2.42. The summed E-state index contributed by atoms with van der Waals surface area (Å²) < 4.78 is 0. The second-order valence-corrected chi connectivity index (χ2v) is 4.11. The molecule has 6 nitrogen and oxygen atoms in total. The summed E-state index contributed by atoms with van der Waals surface area (Å²) in [5.41, 5.74) is 1.79. The Balaban J connectivity index is 2.35. The molecule has 0 aromatic heterocycles. The van der Waals surface area contributed by atoms with Crippen molar-refractivity contribution in [2.24, 2.45) is 0 Å². The highest BCUT2D eigenvalue weighted by Gasteiger charge is 2.02. The maximum absolute atomic E-state index is 11.5. The van der Waals surface area contributed by atoms with Crippen LogP contribution in [0.5, 0.6) is 0 Å². The average molecular weight is 265 g/mol. The number of hydrogen-bond acceptors (Lipinski definition) is 3. The van der Waals surface area contributed by atoms with Crippen molar-refractivity contribution >= 4 is 17.7 Å². The molecule has 19 heavy (non-hydrogen) atoms. The van der Waals surface area contributed by atoms with Crippen molar-refractivity contribution in [2.45, 2.75) is 19.4 Å². The molecular weight excluding hydrogens is 246 g/mol. The number of carboxylic acids is 1. The largest absolute Gasteiger partial charge is 0.481 e. The lowest BCUT2D eigenvalue weighted by molar-refractivity contribution is -0.137. The van der Waals surface area contributed by atoms with Gasteiger partial charge in [0, 0.05) is 25.2 Å². The van der Waals surface area contributed by atoms with Gasteiger partial charge in [0.2, 0.25) is 0 Å². The Labute approximate surface area is 112 Å². The minimum Gasteiger partial charge on any atom is -0.481 e. The van der Waals surface area contributed by atoms with Crippen molar-refractivity contribution in [1.29, 1.82) is 0 Å². The van der Waals surface area contributed by atoms with Crippen molar-refractivity contribution in [3.05, 3.63) is 29.8 Å². The Hall–Kier alpha value is -2.08. The lowest BCUT2D eigenvalue weighted by Crippen LogP contribution is -2.29. The van der Waals surface area contributed by atoms with E-state index >= 15 is 0 Å². The molecule has 0 heterocycles. The first kappa shape index (κ1) is 15.0. The van der Waals surface area contributed by atoms with Crippen LogP contribution in [0.15, 0.2) is 24.3 Å². The average Bonchev–Trinajstić information content (AvgIpc) is 2.35. The summed E-state index contributed by atoms with van der Waals surface area (Å²) in [6.07, 6.45) is 0.473. The van der Waals surface area contributed by atoms with Crippen LogP contribution in [0.1, 0.15) is 18.4 Å². The molecule has 0 aliphatic carbocycles. The summed E-state index contributed by atoms with van der Waals surface area (Å²) >= 11 is 0. The number of carbonyl (C=O) groups excluding carboxylic acids is 1. The van der Waals surface area contributed by atoms with Gasteiger partial charge in [-0.05, 0) is 31.2 Å². The van der Waals surface area contributed by atoms with Gasteiger partial charge in [-0.25, -0.2) is 4.79 Å². The van der Waals surface area contributed by atoms with E-state index in [1.807, 2.05) is 25.2 Å². The van der Waals surface area contributed by atoms with Gasteiger partial charge >= 0.3 is 12.0 Å². The van der Waals surface area contributed by atoms with E-state index in [2.05, 4.69) is 16.0 Å². The third-order valence-corrected chi connectivity index (χ3v) is 2.42. The molecule has 0 spiro atoms. The molecule has 1 aromatic rings. The fraction of sp³-hybridized carbons (Fsp3) is 0.385. The minimum absolute atomic E-state index is 0.0535. The van der Waals surface area contributed by atoms with Gasteiger partial charge in [0.25, 0.3) is 0 Å². The number of hydrogen-bond donors (Lipinski definition) is 4. The third kappa shape index (κ3) is 6.42. The van der Waals surface area contributed by atoms with E-state index < -0.39 is 5.97 Å². The summed E-state index contributed by atoms with van der Waals surface area (Å²) in [5.74, 6) is -0.859. The standard InChI is InChI=1S/C13H19N3O3/c1-14-9-10-4-2-5-11(8-10)16-13(19)15-7-3-6-12(17)18/h2,4-5,8,14H,3,6-7,9H2,1H3,(H,17,18)(H2,15,16,19). The fourth-order valence-corrected chi connectivity index (χ4v) is 1.58. The Kier molecular flexibility index (Phi) is 6.38. The first-order valence-electron chi connectivity index (χ1n) is 6.12. The SMILES string of the molecule is CNCc1cccc(NC(=O)NCCCC(=O)O)c1. The molecule has 0 radical (unpaired) electrons. The molecule has 0 saturated carbocycles. The molecule has 0 bridgehead atoms. The maximum atomic E-state index is 11.5. The normalized spacial score (nSPS) is 9.95. The van der Waals surface area contributed by atoms with E-state index in [-0.39, 0.29) is 12.5 Å². The molecule has 4 N–H and O–H groups in total.